The molecule has 0 bridgehead atoms. The van der Waals surface area contributed by atoms with Gasteiger partial charge in [-0.05, 0) is 25.2 Å². The van der Waals surface area contributed by atoms with E-state index in [0.717, 1.165) is 25.2 Å². The van der Waals surface area contributed by atoms with Crippen molar-refractivity contribution in [2.24, 2.45) is 5.92 Å². The number of hydrogen-bond donors (Lipinski definition) is 1. The van der Waals surface area contributed by atoms with E-state index in [1.54, 1.807) is 0 Å². The molecule has 66 valence electrons. The molecule has 0 aromatic carbocycles. The van der Waals surface area contributed by atoms with Crippen molar-refractivity contribution in [2.45, 2.75) is 44.6 Å². The molecule has 1 atom stereocenters. The van der Waals surface area contributed by atoms with E-state index in [0.29, 0.717) is 5.88 Å². The molecule has 0 aromatic rings. The molecule has 0 saturated heterocycles. The number of aliphatic hydroxyl groups excluding tert-OH is 1. The first-order valence-electron chi connectivity index (χ1n) is 4.57. The molecule has 1 fully saturated rings. The minimum Gasteiger partial charge on any atom is -0.393 e. The molecule has 2 heteroatoms. The minimum absolute atomic E-state index is 0.0842. The average molecular weight is 177 g/mol. The predicted molar refractivity (Wildman–Crippen MR) is 47.9 cm³/mol. The Balaban J connectivity index is 1.95. The summed E-state index contributed by atoms with van der Waals surface area (Å²) in [5, 5.41) is 9.46. The lowest BCUT2D eigenvalue weighted by Crippen LogP contribution is -2.19. The number of hydrogen-bond acceptors (Lipinski definition) is 1. The highest BCUT2D eigenvalue weighted by atomic mass is 35.5. The third-order valence-corrected chi connectivity index (χ3v) is 2.77. The molecule has 0 radical (unpaired) electrons. The van der Waals surface area contributed by atoms with Gasteiger partial charge >= 0.3 is 0 Å². The molecule has 0 aromatic heterocycles. The fraction of sp³-hybridized carbons (Fsp3) is 1.00. The van der Waals surface area contributed by atoms with Gasteiger partial charge in [0.1, 0.15) is 0 Å². The summed E-state index contributed by atoms with van der Waals surface area (Å²) >= 11 is 5.52. The van der Waals surface area contributed by atoms with Crippen molar-refractivity contribution in [2.75, 3.05) is 5.88 Å². The molecule has 0 aliphatic heterocycles. The monoisotopic (exact) mass is 176 g/mol. The molecular weight excluding hydrogens is 160 g/mol. The molecule has 0 heterocycles. The van der Waals surface area contributed by atoms with E-state index in [4.69, 9.17) is 11.6 Å². The number of aliphatic hydroxyl groups is 1. The second-order valence-corrected chi connectivity index (χ2v) is 3.90. The summed E-state index contributed by atoms with van der Waals surface area (Å²) < 4.78 is 0. The molecule has 1 aliphatic rings. The Morgan fingerprint density at radius 1 is 1.45 bits per heavy atom. The highest BCUT2D eigenvalue weighted by Crippen LogP contribution is 2.31. The van der Waals surface area contributed by atoms with Crippen LogP contribution in [0.1, 0.15) is 38.5 Å². The lowest BCUT2D eigenvalue weighted by molar-refractivity contribution is 0.109. The lowest BCUT2D eigenvalue weighted by Gasteiger charge is -2.27. The van der Waals surface area contributed by atoms with Crippen LogP contribution < -0.4 is 0 Å². The zero-order valence-electron chi connectivity index (χ0n) is 6.93. The summed E-state index contributed by atoms with van der Waals surface area (Å²) in [6.45, 7) is 0. The third kappa shape index (κ3) is 3.44. The summed E-state index contributed by atoms with van der Waals surface area (Å²) in [6, 6.07) is 0. The summed E-state index contributed by atoms with van der Waals surface area (Å²) in [7, 11) is 0. The van der Waals surface area contributed by atoms with Crippen LogP contribution in [0.4, 0.5) is 0 Å². The summed E-state index contributed by atoms with van der Waals surface area (Å²) in [6.07, 6.45) is 6.80. The van der Waals surface area contributed by atoms with Crippen LogP contribution >= 0.6 is 11.6 Å². The van der Waals surface area contributed by atoms with Gasteiger partial charge in [0.25, 0.3) is 0 Å². The van der Waals surface area contributed by atoms with Crippen LogP contribution in [-0.2, 0) is 0 Å². The Hall–Kier alpha value is 0.250. The van der Waals surface area contributed by atoms with Gasteiger partial charge in [-0.15, -0.1) is 11.6 Å². The van der Waals surface area contributed by atoms with E-state index in [9.17, 15) is 5.11 Å². The van der Waals surface area contributed by atoms with Crippen LogP contribution in [0.5, 0.6) is 0 Å². The van der Waals surface area contributed by atoms with Crippen molar-refractivity contribution in [3.05, 3.63) is 0 Å². The Morgan fingerprint density at radius 2 is 2.18 bits per heavy atom. The molecule has 1 unspecified atom stereocenters. The zero-order chi connectivity index (χ0) is 8.10. The van der Waals surface area contributed by atoms with Gasteiger partial charge in [0.2, 0.25) is 0 Å². The van der Waals surface area contributed by atoms with Crippen molar-refractivity contribution in [3.63, 3.8) is 0 Å². The van der Waals surface area contributed by atoms with Crippen LogP contribution in [0, 0.1) is 5.92 Å². The molecular formula is C9H17ClO. The quantitative estimate of drug-likeness (QED) is 0.639. The van der Waals surface area contributed by atoms with Crippen LogP contribution in [-0.4, -0.2) is 17.1 Å². The third-order valence-electron chi connectivity index (χ3n) is 2.50. The van der Waals surface area contributed by atoms with E-state index in [1.807, 2.05) is 0 Å². The molecule has 0 amide bonds. The van der Waals surface area contributed by atoms with Crippen LogP contribution in [0.3, 0.4) is 0 Å². The normalized spacial score (nSPS) is 21.3. The van der Waals surface area contributed by atoms with E-state index in [-0.39, 0.29) is 6.10 Å². The van der Waals surface area contributed by atoms with E-state index in [2.05, 4.69) is 0 Å². The number of rotatable bonds is 5. The van der Waals surface area contributed by atoms with Gasteiger partial charge in [0.15, 0.2) is 0 Å². The van der Waals surface area contributed by atoms with Gasteiger partial charge in [-0.1, -0.05) is 19.3 Å². The highest BCUT2D eigenvalue weighted by molar-refractivity contribution is 6.17. The summed E-state index contributed by atoms with van der Waals surface area (Å²) in [5.41, 5.74) is 0. The first kappa shape index (κ1) is 9.34. The largest absolute Gasteiger partial charge is 0.393 e. The maximum absolute atomic E-state index is 9.46. The second kappa shape index (κ2) is 5.00. The fourth-order valence-corrected chi connectivity index (χ4v) is 1.70. The smallest absolute Gasteiger partial charge is 0.0543 e. The highest BCUT2D eigenvalue weighted by Gasteiger charge is 2.20. The second-order valence-electron chi connectivity index (χ2n) is 3.52. The first-order valence-corrected chi connectivity index (χ1v) is 5.10. The Kier molecular flexibility index (Phi) is 4.24. The van der Waals surface area contributed by atoms with Gasteiger partial charge in [-0.25, -0.2) is 0 Å². The molecule has 11 heavy (non-hydrogen) atoms. The van der Waals surface area contributed by atoms with E-state index >= 15 is 0 Å². The van der Waals surface area contributed by atoms with Crippen molar-refractivity contribution >= 4 is 11.6 Å². The molecule has 0 spiro atoms. The standard InChI is InChI=1S/C9H17ClO/c10-6-2-5-9(11)7-8-3-1-4-8/h8-9,11H,1-7H2. The zero-order valence-corrected chi connectivity index (χ0v) is 7.69. The Labute approximate surface area is 73.8 Å². The molecule has 1 rings (SSSR count). The Bertz CT molecular complexity index is 102. The van der Waals surface area contributed by atoms with Crippen molar-refractivity contribution < 1.29 is 5.11 Å². The van der Waals surface area contributed by atoms with Crippen molar-refractivity contribution in [3.8, 4) is 0 Å². The topological polar surface area (TPSA) is 20.2 Å². The van der Waals surface area contributed by atoms with Crippen LogP contribution in [0.2, 0.25) is 0 Å². The average Bonchev–Trinajstić information content (AvgIpc) is 1.93. The van der Waals surface area contributed by atoms with Gasteiger partial charge in [0, 0.05) is 5.88 Å². The van der Waals surface area contributed by atoms with Crippen LogP contribution in [0.25, 0.3) is 0 Å². The van der Waals surface area contributed by atoms with Crippen LogP contribution in [0.15, 0.2) is 0 Å². The number of halogens is 1. The Morgan fingerprint density at radius 3 is 2.64 bits per heavy atom. The van der Waals surface area contributed by atoms with Gasteiger partial charge < -0.3 is 5.11 Å². The maximum atomic E-state index is 9.46. The van der Waals surface area contributed by atoms with Crippen molar-refractivity contribution in [1.29, 1.82) is 0 Å². The fourth-order valence-electron chi connectivity index (χ4n) is 1.54. The van der Waals surface area contributed by atoms with Gasteiger partial charge in [-0.3, -0.25) is 0 Å². The van der Waals surface area contributed by atoms with E-state index < -0.39 is 0 Å². The first-order chi connectivity index (χ1) is 5.33. The van der Waals surface area contributed by atoms with Gasteiger partial charge in [0.05, 0.1) is 6.10 Å². The summed E-state index contributed by atoms with van der Waals surface area (Å²) in [5.74, 6) is 1.50. The minimum atomic E-state index is -0.0842. The molecule has 1 N–H and O–H groups in total. The van der Waals surface area contributed by atoms with Crippen molar-refractivity contribution in [1.82, 2.24) is 0 Å². The maximum Gasteiger partial charge on any atom is 0.0543 e. The SMILES string of the molecule is OC(CCCCl)CC1CCC1. The number of alkyl halides is 1. The lowest BCUT2D eigenvalue weighted by atomic mass is 9.81. The molecule has 1 nitrogen and oxygen atoms in total. The van der Waals surface area contributed by atoms with Gasteiger partial charge in [-0.2, -0.15) is 0 Å². The molecule has 1 aliphatic carbocycles. The predicted octanol–water partition coefficient (Wildman–Crippen LogP) is 2.56. The molecule has 1 saturated carbocycles. The van der Waals surface area contributed by atoms with E-state index in [1.165, 1.54) is 19.3 Å². The summed E-state index contributed by atoms with van der Waals surface area (Å²) in [4.78, 5) is 0.